The van der Waals surface area contributed by atoms with Gasteiger partial charge in [0.05, 0.1) is 6.04 Å². The molecule has 2 atom stereocenters. The van der Waals surface area contributed by atoms with Crippen LogP contribution in [0.1, 0.15) is 31.1 Å². The lowest BCUT2D eigenvalue weighted by Crippen LogP contribution is -2.29. The van der Waals surface area contributed by atoms with E-state index in [4.69, 9.17) is 10.3 Å². The van der Waals surface area contributed by atoms with Crippen LogP contribution in [0.25, 0.3) is 0 Å². The Hall–Kier alpha value is -0.940. The van der Waals surface area contributed by atoms with Crippen LogP contribution in [0.5, 0.6) is 0 Å². The minimum atomic E-state index is 0.185. The van der Waals surface area contributed by atoms with E-state index in [9.17, 15) is 0 Å². The lowest BCUT2D eigenvalue weighted by molar-refractivity contribution is 0.207. The average Bonchev–Trinajstić information content (AvgIpc) is 2.73. The van der Waals surface area contributed by atoms with Crippen molar-refractivity contribution in [3.05, 3.63) is 11.7 Å². The van der Waals surface area contributed by atoms with Crippen molar-refractivity contribution in [1.82, 2.24) is 15.0 Å². The third-order valence-corrected chi connectivity index (χ3v) is 2.70. The van der Waals surface area contributed by atoms with E-state index in [0.717, 1.165) is 19.5 Å². The molecule has 1 fully saturated rings. The first-order chi connectivity index (χ1) is 6.66. The quantitative estimate of drug-likeness (QED) is 0.744. The third-order valence-electron chi connectivity index (χ3n) is 2.70. The highest BCUT2D eigenvalue weighted by Gasteiger charge is 2.27. The summed E-state index contributed by atoms with van der Waals surface area (Å²) in [4.78, 5) is 6.50. The van der Waals surface area contributed by atoms with Gasteiger partial charge in [0.1, 0.15) is 0 Å². The fourth-order valence-electron chi connectivity index (χ4n) is 1.81. The third kappa shape index (κ3) is 1.78. The van der Waals surface area contributed by atoms with Crippen LogP contribution in [-0.2, 0) is 0 Å². The van der Waals surface area contributed by atoms with Gasteiger partial charge in [0.15, 0.2) is 5.82 Å². The smallest absolute Gasteiger partial charge is 0.243 e. The maximum atomic E-state index is 5.84. The molecule has 1 saturated heterocycles. The van der Waals surface area contributed by atoms with Crippen LogP contribution in [0.3, 0.4) is 0 Å². The zero-order valence-corrected chi connectivity index (χ0v) is 8.60. The van der Waals surface area contributed by atoms with E-state index in [1.54, 1.807) is 0 Å². The molecule has 0 bridgehead atoms. The predicted octanol–water partition coefficient (Wildman–Crippen LogP) is 0.472. The van der Waals surface area contributed by atoms with Crippen molar-refractivity contribution < 1.29 is 4.52 Å². The molecule has 0 amide bonds. The molecule has 78 valence electrons. The Morgan fingerprint density at radius 2 is 2.43 bits per heavy atom. The number of aryl methyl sites for hydroxylation is 1. The van der Waals surface area contributed by atoms with Gasteiger partial charge in [0, 0.05) is 19.1 Å². The molecular weight excluding hydrogens is 180 g/mol. The second-order valence-electron chi connectivity index (χ2n) is 3.90. The molecule has 0 aliphatic carbocycles. The van der Waals surface area contributed by atoms with Crippen molar-refractivity contribution in [2.45, 2.75) is 32.4 Å². The molecule has 14 heavy (non-hydrogen) atoms. The first-order valence-electron chi connectivity index (χ1n) is 4.96. The molecule has 0 radical (unpaired) electrons. The van der Waals surface area contributed by atoms with Crippen molar-refractivity contribution in [2.75, 3.05) is 13.1 Å². The molecule has 1 aliphatic heterocycles. The summed E-state index contributed by atoms with van der Waals surface area (Å²) >= 11 is 0. The highest BCUT2D eigenvalue weighted by Crippen LogP contribution is 2.22. The van der Waals surface area contributed by atoms with Crippen molar-refractivity contribution in [3.8, 4) is 0 Å². The van der Waals surface area contributed by atoms with Gasteiger partial charge in [0.25, 0.3) is 0 Å². The van der Waals surface area contributed by atoms with E-state index >= 15 is 0 Å². The number of aromatic nitrogens is 2. The fourth-order valence-corrected chi connectivity index (χ4v) is 1.81. The van der Waals surface area contributed by atoms with Crippen LogP contribution in [0.2, 0.25) is 0 Å². The topological polar surface area (TPSA) is 68.2 Å². The van der Waals surface area contributed by atoms with Gasteiger partial charge in [-0.15, -0.1) is 0 Å². The normalized spacial score (nSPS) is 25.5. The van der Waals surface area contributed by atoms with Gasteiger partial charge in [-0.3, -0.25) is 4.90 Å². The number of nitrogens with zero attached hydrogens (tertiary/aromatic N) is 3. The summed E-state index contributed by atoms with van der Waals surface area (Å²) in [5, 5.41) is 3.78. The van der Waals surface area contributed by atoms with E-state index in [2.05, 4.69) is 22.0 Å². The Morgan fingerprint density at radius 3 is 2.93 bits per heavy atom. The summed E-state index contributed by atoms with van der Waals surface area (Å²) in [6.07, 6.45) is 1.05. The van der Waals surface area contributed by atoms with Gasteiger partial charge < -0.3 is 10.3 Å². The lowest BCUT2D eigenvalue weighted by atomic mass is 10.3. The number of hydrogen-bond acceptors (Lipinski definition) is 5. The number of rotatable bonds is 2. The Bertz CT molecular complexity index is 312. The minimum Gasteiger partial charge on any atom is -0.338 e. The summed E-state index contributed by atoms with van der Waals surface area (Å²) in [6.45, 7) is 5.84. The second-order valence-corrected chi connectivity index (χ2v) is 3.90. The molecule has 0 saturated carbocycles. The number of nitrogens with two attached hydrogens (primary N) is 1. The molecule has 1 aliphatic rings. The average molecular weight is 196 g/mol. The van der Waals surface area contributed by atoms with Gasteiger partial charge in [-0.1, -0.05) is 5.16 Å². The van der Waals surface area contributed by atoms with Crippen LogP contribution in [-0.4, -0.2) is 34.2 Å². The monoisotopic (exact) mass is 196 g/mol. The van der Waals surface area contributed by atoms with Gasteiger partial charge in [-0.05, 0) is 20.3 Å². The van der Waals surface area contributed by atoms with Crippen LogP contribution in [0, 0.1) is 6.92 Å². The zero-order chi connectivity index (χ0) is 10.1. The Kier molecular flexibility index (Phi) is 2.52. The van der Waals surface area contributed by atoms with E-state index < -0.39 is 0 Å². The van der Waals surface area contributed by atoms with E-state index in [0.29, 0.717) is 17.8 Å². The van der Waals surface area contributed by atoms with Crippen molar-refractivity contribution >= 4 is 0 Å². The molecule has 1 aromatic heterocycles. The van der Waals surface area contributed by atoms with Crippen LogP contribution < -0.4 is 5.73 Å². The summed E-state index contributed by atoms with van der Waals surface area (Å²) in [6, 6.07) is 0.478. The van der Waals surface area contributed by atoms with E-state index in [1.165, 1.54) is 0 Å². The van der Waals surface area contributed by atoms with Crippen molar-refractivity contribution in [3.63, 3.8) is 0 Å². The highest BCUT2D eigenvalue weighted by atomic mass is 16.5. The second kappa shape index (κ2) is 3.67. The van der Waals surface area contributed by atoms with Gasteiger partial charge in [0.2, 0.25) is 5.89 Å². The van der Waals surface area contributed by atoms with Gasteiger partial charge >= 0.3 is 0 Å². The summed E-state index contributed by atoms with van der Waals surface area (Å²) in [5.41, 5.74) is 5.84. The predicted molar refractivity (Wildman–Crippen MR) is 51.6 cm³/mol. The van der Waals surface area contributed by atoms with Gasteiger partial charge in [-0.2, -0.15) is 4.98 Å². The van der Waals surface area contributed by atoms with E-state index in [1.807, 2.05) is 6.92 Å². The Morgan fingerprint density at radius 1 is 1.64 bits per heavy atom. The summed E-state index contributed by atoms with van der Waals surface area (Å²) in [7, 11) is 0. The first kappa shape index (κ1) is 9.61. The SMILES string of the molecule is Cc1noc(C(C)N2CC[C@H](N)C2)n1. The van der Waals surface area contributed by atoms with Crippen LogP contribution in [0.4, 0.5) is 0 Å². The number of hydrogen-bond donors (Lipinski definition) is 1. The van der Waals surface area contributed by atoms with Crippen molar-refractivity contribution in [2.24, 2.45) is 5.73 Å². The molecule has 1 aromatic rings. The molecule has 2 heterocycles. The zero-order valence-electron chi connectivity index (χ0n) is 8.60. The van der Waals surface area contributed by atoms with Crippen LogP contribution >= 0.6 is 0 Å². The molecule has 5 nitrogen and oxygen atoms in total. The van der Waals surface area contributed by atoms with E-state index in [-0.39, 0.29) is 6.04 Å². The standard InChI is InChI=1S/C9H16N4O/c1-6(9-11-7(2)12-14-9)13-4-3-8(10)5-13/h6,8H,3-5,10H2,1-2H3/t6?,8-/m0/s1. The maximum Gasteiger partial charge on any atom is 0.243 e. The highest BCUT2D eigenvalue weighted by molar-refractivity contribution is 4.93. The molecule has 2 rings (SSSR count). The van der Waals surface area contributed by atoms with Crippen molar-refractivity contribution in [1.29, 1.82) is 0 Å². The largest absolute Gasteiger partial charge is 0.338 e. The van der Waals surface area contributed by atoms with Crippen LogP contribution in [0.15, 0.2) is 4.52 Å². The lowest BCUT2D eigenvalue weighted by Gasteiger charge is -2.20. The van der Waals surface area contributed by atoms with Gasteiger partial charge in [-0.25, -0.2) is 0 Å². The number of likely N-dealkylation sites (tertiary alicyclic amines) is 1. The summed E-state index contributed by atoms with van der Waals surface area (Å²) < 4.78 is 5.13. The molecule has 2 N–H and O–H groups in total. The minimum absolute atomic E-state index is 0.185. The maximum absolute atomic E-state index is 5.84. The first-order valence-corrected chi connectivity index (χ1v) is 4.96. The Balaban J connectivity index is 2.05. The Labute approximate surface area is 83.3 Å². The molecule has 1 unspecified atom stereocenters. The molecule has 5 heteroatoms. The molecule has 0 spiro atoms. The fraction of sp³-hybridized carbons (Fsp3) is 0.778. The summed E-state index contributed by atoms with van der Waals surface area (Å²) in [5.74, 6) is 1.38. The molecule has 0 aromatic carbocycles. The molecular formula is C9H16N4O.